The lowest BCUT2D eigenvalue weighted by Crippen LogP contribution is -2.24. The number of hydrogen-bond acceptors (Lipinski definition) is 5. The highest BCUT2D eigenvalue weighted by Gasteiger charge is 2.26. The molecule has 1 aliphatic heterocycles. The van der Waals surface area contributed by atoms with Crippen LogP contribution in [-0.2, 0) is 17.9 Å². The van der Waals surface area contributed by atoms with Crippen molar-refractivity contribution in [1.82, 2.24) is 24.6 Å². The van der Waals surface area contributed by atoms with Crippen LogP contribution in [0.3, 0.4) is 0 Å². The van der Waals surface area contributed by atoms with E-state index in [1.165, 1.54) is 12.1 Å². The van der Waals surface area contributed by atoms with Gasteiger partial charge in [0.1, 0.15) is 23.7 Å². The smallest absolute Gasteiger partial charge is 0.259 e. The van der Waals surface area contributed by atoms with Crippen LogP contribution in [0, 0.1) is 5.82 Å². The van der Waals surface area contributed by atoms with Crippen molar-refractivity contribution in [2.45, 2.75) is 52.7 Å². The summed E-state index contributed by atoms with van der Waals surface area (Å²) in [6, 6.07) is 8.17. The molecule has 4 rings (SSSR count). The molecular weight excluding hydrogens is 411 g/mol. The second kappa shape index (κ2) is 8.86. The Balaban J connectivity index is 1.54. The summed E-state index contributed by atoms with van der Waals surface area (Å²) in [6.07, 6.45) is 2.84. The summed E-state index contributed by atoms with van der Waals surface area (Å²) in [5.41, 5.74) is 1.99. The van der Waals surface area contributed by atoms with E-state index in [2.05, 4.69) is 20.5 Å². The number of rotatable bonds is 6. The van der Waals surface area contributed by atoms with Gasteiger partial charge in [-0.1, -0.05) is 13.0 Å². The predicted octanol–water partition coefficient (Wildman–Crippen LogP) is 3.95. The Kier molecular flexibility index (Phi) is 5.98. The van der Waals surface area contributed by atoms with E-state index in [9.17, 15) is 14.0 Å². The lowest BCUT2D eigenvalue weighted by molar-refractivity contribution is -0.131. The van der Waals surface area contributed by atoms with E-state index in [1.54, 1.807) is 29.4 Å². The Morgan fingerprint density at radius 3 is 2.66 bits per heavy atom. The maximum Gasteiger partial charge on any atom is 0.259 e. The van der Waals surface area contributed by atoms with Gasteiger partial charge in [-0.2, -0.15) is 0 Å². The topological polar surface area (TPSA) is 93.0 Å². The largest absolute Gasteiger partial charge is 0.334 e. The van der Waals surface area contributed by atoms with E-state index in [-0.39, 0.29) is 23.3 Å². The number of pyridine rings is 1. The number of carbonyl (C=O) groups is 2. The standard InChI is InChI=1S/C23H25FN6O2/c1-4-6-21(31)29-11-15-9-17(18(24)10-16(15)12-29)23(32)27-20-8-5-7-19(26-20)22-28-25-13-30(22)14(2)3/h5,7-10,13-14H,4,6,11-12H2,1-3H3,(H,26,27,32). The SMILES string of the molecule is CCCC(=O)N1Cc2cc(F)c(C(=O)Nc3cccc(-c4nncn4C(C)C)n3)cc2C1. The average molecular weight is 436 g/mol. The fourth-order valence-electron chi connectivity index (χ4n) is 3.76. The number of nitrogens with zero attached hydrogens (tertiary/aromatic N) is 5. The Hall–Kier alpha value is -3.62. The van der Waals surface area contributed by atoms with Gasteiger partial charge in [0.2, 0.25) is 5.91 Å². The van der Waals surface area contributed by atoms with E-state index >= 15 is 0 Å². The molecule has 166 valence electrons. The highest BCUT2D eigenvalue weighted by atomic mass is 19.1. The van der Waals surface area contributed by atoms with Crippen LogP contribution in [0.2, 0.25) is 0 Å². The van der Waals surface area contributed by atoms with Crippen molar-refractivity contribution in [3.8, 4) is 11.5 Å². The van der Waals surface area contributed by atoms with Crippen LogP contribution in [0.15, 0.2) is 36.7 Å². The van der Waals surface area contributed by atoms with Crippen molar-refractivity contribution in [2.75, 3.05) is 5.32 Å². The number of halogens is 1. The van der Waals surface area contributed by atoms with Gasteiger partial charge >= 0.3 is 0 Å². The quantitative estimate of drug-likeness (QED) is 0.631. The Labute approximate surface area is 185 Å². The number of carbonyl (C=O) groups excluding carboxylic acids is 2. The van der Waals surface area contributed by atoms with Crippen molar-refractivity contribution in [3.05, 3.63) is 59.2 Å². The van der Waals surface area contributed by atoms with Gasteiger partial charge in [-0.3, -0.25) is 9.59 Å². The summed E-state index contributed by atoms with van der Waals surface area (Å²) in [4.78, 5) is 31.1. The van der Waals surface area contributed by atoms with Gasteiger partial charge in [0, 0.05) is 25.6 Å². The van der Waals surface area contributed by atoms with Crippen molar-refractivity contribution in [1.29, 1.82) is 0 Å². The Morgan fingerprint density at radius 2 is 1.94 bits per heavy atom. The molecule has 0 fully saturated rings. The van der Waals surface area contributed by atoms with Crippen LogP contribution in [0.25, 0.3) is 11.5 Å². The minimum absolute atomic E-state index is 0.0328. The van der Waals surface area contributed by atoms with E-state index in [0.29, 0.717) is 31.0 Å². The third-order valence-electron chi connectivity index (χ3n) is 5.42. The zero-order valence-electron chi connectivity index (χ0n) is 18.3. The van der Waals surface area contributed by atoms with Gasteiger partial charge in [0.25, 0.3) is 5.91 Å². The molecule has 0 unspecified atom stereocenters. The Bertz CT molecular complexity index is 1170. The first-order valence-electron chi connectivity index (χ1n) is 10.6. The molecule has 2 aromatic heterocycles. The lowest BCUT2D eigenvalue weighted by atomic mass is 10.1. The fourth-order valence-corrected chi connectivity index (χ4v) is 3.76. The molecular formula is C23H25FN6O2. The zero-order chi connectivity index (χ0) is 22.8. The van der Waals surface area contributed by atoms with Crippen LogP contribution in [0.1, 0.15) is 61.1 Å². The molecule has 3 aromatic rings. The van der Waals surface area contributed by atoms with Crippen LogP contribution < -0.4 is 5.32 Å². The number of aromatic nitrogens is 4. The fraction of sp³-hybridized carbons (Fsp3) is 0.348. The molecule has 0 aliphatic carbocycles. The maximum atomic E-state index is 14.7. The molecule has 1 N–H and O–H groups in total. The Morgan fingerprint density at radius 1 is 1.19 bits per heavy atom. The van der Waals surface area contributed by atoms with Gasteiger partial charge in [0.15, 0.2) is 5.82 Å². The van der Waals surface area contributed by atoms with Crippen LogP contribution >= 0.6 is 0 Å². The zero-order valence-corrected chi connectivity index (χ0v) is 18.3. The van der Waals surface area contributed by atoms with Crippen LogP contribution in [-0.4, -0.2) is 36.5 Å². The first kappa shape index (κ1) is 21.6. The van der Waals surface area contributed by atoms with Gasteiger partial charge in [-0.25, -0.2) is 9.37 Å². The van der Waals surface area contributed by atoms with E-state index < -0.39 is 11.7 Å². The number of benzene rings is 1. The van der Waals surface area contributed by atoms with Crippen molar-refractivity contribution >= 4 is 17.6 Å². The second-order valence-corrected chi connectivity index (χ2v) is 8.12. The molecule has 0 radical (unpaired) electrons. The molecule has 0 saturated heterocycles. The monoisotopic (exact) mass is 436 g/mol. The summed E-state index contributed by atoms with van der Waals surface area (Å²) in [7, 11) is 0. The molecule has 9 heteroatoms. The minimum atomic E-state index is -0.623. The van der Waals surface area contributed by atoms with Crippen molar-refractivity contribution in [3.63, 3.8) is 0 Å². The molecule has 2 amide bonds. The first-order chi connectivity index (χ1) is 15.4. The number of anilines is 1. The highest BCUT2D eigenvalue weighted by Crippen LogP contribution is 2.27. The number of hydrogen-bond donors (Lipinski definition) is 1. The van der Waals surface area contributed by atoms with Gasteiger partial charge < -0.3 is 14.8 Å². The number of fused-ring (bicyclic) bond motifs is 1. The van der Waals surface area contributed by atoms with E-state index in [1.807, 2.05) is 25.3 Å². The van der Waals surface area contributed by atoms with E-state index in [0.717, 1.165) is 17.5 Å². The molecule has 0 saturated carbocycles. The summed E-state index contributed by atoms with van der Waals surface area (Å²) in [5, 5.41) is 10.7. The molecule has 1 aromatic carbocycles. The lowest BCUT2D eigenvalue weighted by Gasteiger charge is -2.14. The van der Waals surface area contributed by atoms with Gasteiger partial charge in [-0.05, 0) is 55.7 Å². The minimum Gasteiger partial charge on any atom is -0.334 e. The highest BCUT2D eigenvalue weighted by molar-refractivity contribution is 6.04. The number of amides is 2. The molecule has 8 nitrogen and oxygen atoms in total. The second-order valence-electron chi connectivity index (χ2n) is 8.12. The van der Waals surface area contributed by atoms with Crippen molar-refractivity contribution in [2.24, 2.45) is 0 Å². The first-order valence-corrected chi connectivity index (χ1v) is 10.6. The van der Waals surface area contributed by atoms with Gasteiger partial charge in [0.05, 0.1) is 5.56 Å². The summed E-state index contributed by atoms with van der Waals surface area (Å²) < 4.78 is 16.6. The third kappa shape index (κ3) is 4.23. The van der Waals surface area contributed by atoms with Crippen molar-refractivity contribution < 1.29 is 14.0 Å². The van der Waals surface area contributed by atoms with Gasteiger partial charge in [-0.15, -0.1) is 10.2 Å². The maximum absolute atomic E-state index is 14.7. The third-order valence-corrected chi connectivity index (χ3v) is 5.42. The van der Waals surface area contributed by atoms with E-state index in [4.69, 9.17) is 0 Å². The predicted molar refractivity (Wildman–Crippen MR) is 117 cm³/mol. The molecule has 0 atom stereocenters. The van der Waals surface area contributed by atoms with Crippen LogP contribution in [0.5, 0.6) is 0 Å². The molecule has 32 heavy (non-hydrogen) atoms. The summed E-state index contributed by atoms with van der Waals surface area (Å²) >= 11 is 0. The summed E-state index contributed by atoms with van der Waals surface area (Å²) in [6.45, 7) is 6.71. The molecule has 0 spiro atoms. The molecule has 1 aliphatic rings. The van der Waals surface area contributed by atoms with Crippen LogP contribution in [0.4, 0.5) is 10.2 Å². The molecule has 0 bridgehead atoms. The molecule has 3 heterocycles. The average Bonchev–Trinajstić information content (AvgIpc) is 3.40. The normalized spacial score (nSPS) is 12.8. The summed E-state index contributed by atoms with van der Waals surface area (Å²) in [5.74, 6) is -0.326. The number of nitrogens with one attached hydrogen (secondary N) is 1.